The van der Waals surface area contributed by atoms with E-state index in [1.165, 1.54) is 0 Å². The van der Waals surface area contributed by atoms with Crippen molar-refractivity contribution in [2.75, 3.05) is 7.11 Å². The van der Waals surface area contributed by atoms with Crippen LogP contribution < -0.4 is 0 Å². The van der Waals surface area contributed by atoms with Crippen LogP contribution in [-0.4, -0.2) is 25.3 Å². The smallest absolute Gasteiger partial charge is 0.293 e. The lowest BCUT2D eigenvalue weighted by Gasteiger charge is -2.28. The van der Waals surface area contributed by atoms with E-state index in [4.69, 9.17) is 9.47 Å². The summed E-state index contributed by atoms with van der Waals surface area (Å²) in [6.45, 7) is 5.95. The molecule has 0 rings (SSSR count). The summed E-state index contributed by atoms with van der Waals surface area (Å²) in [5.41, 5.74) is -0.402. The largest absolute Gasteiger partial charge is 0.462 e. The van der Waals surface area contributed by atoms with Crippen molar-refractivity contribution in [2.24, 2.45) is 0 Å². The summed E-state index contributed by atoms with van der Waals surface area (Å²) in [4.78, 5) is 9.90. The molecule has 0 radical (unpaired) electrons. The second-order valence-electron chi connectivity index (χ2n) is 2.68. The van der Waals surface area contributed by atoms with Gasteiger partial charge in [-0.15, -0.1) is 0 Å². The van der Waals surface area contributed by atoms with Gasteiger partial charge in [-0.05, 0) is 20.8 Å². The molecule has 0 aromatic heterocycles. The Morgan fingerprint density at radius 2 is 2.00 bits per heavy atom. The fourth-order valence-corrected chi connectivity index (χ4v) is 0.413. The first-order valence-electron chi connectivity index (χ1n) is 3.19. The SMILES string of the molecule is COC(C)(C)C(C)OC=O. The molecule has 0 aromatic carbocycles. The predicted octanol–water partition coefficient (Wildman–Crippen LogP) is 0.973. The van der Waals surface area contributed by atoms with E-state index in [9.17, 15) is 4.79 Å². The predicted molar refractivity (Wildman–Crippen MR) is 37.7 cm³/mol. The van der Waals surface area contributed by atoms with Gasteiger partial charge >= 0.3 is 0 Å². The molecule has 0 amide bonds. The van der Waals surface area contributed by atoms with Gasteiger partial charge in [0.2, 0.25) is 0 Å². The van der Waals surface area contributed by atoms with Crippen molar-refractivity contribution in [3.8, 4) is 0 Å². The van der Waals surface area contributed by atoms with Gasteiger partial charge in [0.15, 0.2) is 0 Å². The molecule has 10 heavy (non-hydrogen) atoms. The molecule has 0 aliphatic carbocycles. The zero-order valence-electron chi connectivity index (χ0n) is 6.88. The molecule has 0 fully saturated rings. The summed E-state index contributed by atoms with van der Waals surface area (Å²) >= 11 is 0. The van der Waals surface area contributed by atoms with Crippen molar-refractivity contribution < 1.29 is 14.3 Å². The molecule has 3 heteroatoms. The van der Waals surface area contributed by atoms with Gasteiger partial charge in [0.05, 0.1) is 5.60 Å². The standard InChI is InChI=1S/C7H14O3/c1-6(10-5-8)7(2,3)9-4/h5-6H,1-4H3. The monoisotopic (exact) mass is 146 g/mol. The first kappa shape index (κ1) is 9.43. The molecule has 0 aromatic rings. The minimum atomic E-state index is -0.402. The Hall–Kier alpha value is -0.570. The summed E-state index contributed by atoms with van der Waals surface area (Å²) in [7, 11) is 1.59. The Balaban J connectivity index is 3.89. The molecule has 0 heterocycles. The molecule has 0 saturated heterocycles. The quantitative estimate of drug-likeness (QED) is 0.554. The average molecular weight is 146 g/mol. The summed E-state index contributed by atoms with van der Waals surface area (Å²) in [5, 5.41) is 0. The fourth-order valence-electron chi connectivity index (χ4n) is 0.413. The molecular formula is C7H14O3. The van der Waals surface area contributed by atoms with Crippen LogP contribution in [0.1, 0.15) is 20.8 Å². The number of hydrogen-bond acceptors (Lipinski definition) is 3. The molecule has 3 nitrogen and oxygen atoms in total. The average Bonchev–Trinajstić information content (AvgIpc) is 1.89. The van der Waals surface area contributed by atoms with Crippen LogP contribution >= 0.6 is 0 Å². The Morgan fingerprint density at radius 3 is 2.30 bits per heavy atom. The van der Waals surface area contributed by atoms with Gasteiger partial charge in [0.25, 0.3) is 6.47 Å². The molecule has 0 saturated carbocycles. The van der Waals surface area contributed by atoms with E-state index in [1.807, 2.05) is 13.8 Å². The van der Waals surface area contributed by atoms with Crippen LogP contribution in [0.3, 0.4) is 0 Å². The maximum absolute atomic E-state index is 9.90. The van der Waals surface area contributed by atoms with Gasteiger partial charge in [0.1, 0.15) is 6.10 Å². The van der Waals surface area contributed by atoms with Crippen molar-refractivity contribution >= 4 is 6.47 Å². The topological polar surface area (TPSA) is 35.5 Å². The van der Waals surface area contributed by atoms with Gasteiger partial charge in [-0.1, -0.05) is 0 Å². The van der Waals surface area contributed by atoms with E-state index in [1.54, 1.807) is 14.0 Å². The zero-order chi connectivity index (χ0) is 8.20. The van der Waals surface area contributed by atoms with Gasteiger partial charge in [0, 0.05) is 7.11 Å². The second-order valence-corrected chi connectivity index (χ2v) is 2.68. The number of ether oxygens (including phenoxy) is 2. The lowest BCUT2D eigenvalue weighted by molar-refractivity contribution is -0.147. The van der Waals surface area contributed by atoms with Crippen molar-refractivity contribution in [3.05, 3.63) is 0 Å². The van der Waals surface area contributed by atoms with Gasteiger partial charge < -0.3 is 9.47 Å². The summed E-state index contributed by atoms with van der Waals surface area (Å²) in [6.07, 6.45) is -0.213. The van der Waals surface area contributed by atoms with E-state index >= 15 is 0 Å². The molecule has 60 valence electrons. The maximum atomic E-state index is 9.90. The molecule has 0 aliphatic heterocycles. The van der Waals surface area contributed by atoms with E-state index < -0.39 is 5.60 Å². The Kier molecular flexibility index (Phi) is 3.36. The normalized spacial score (nSPS) is 14.4. The van der Waals surface area contributed by atoms with Crippen LogP contribution in [0, 0.1) is 0 Å². The Labute approximate surface area is 61.3 Å². The first-order valence-corrected chi connectivity index (χ1v) is 3.19. The van der Waals surface area contributed by atoms with Crippen LogP contribution in [0.2, 0.25) is 0 Å². The molecule has 1 atom stereocenters. The van der Waals surface area contributed by atoms with Crippen LogP contribution in [0.4, 0.5) is 0 Å². The van der Waals surface area contributed by atoms with Crippen LogP contribution in [0.25, 0.3) is 0 Å². The molecule has 0 aliphatic rings. The Bertz CT molecular complexity index is 109. The van der Waals surface area contributed by atoms with Crippen LogP contribution in [-0.2, 0) is 14.3 Å². The highest BCUT2D eigenvalue weighted by Gasteiger charge is 2.26. The number of carbonyl (C=O) groups excluding carboxylic acids is 1. The van der Waals surface area contributed by atoms with E-state index in [-0.39, 0.29) is 6.10 Å². The third kappa shape index (κ3) is 2.35. The van der Waals surface area contributed by atoms with Crippen molar-refractivity contribution in [1.29, 1.82) is 0 Å². The minimum Gasteiger partial charge on any atom is -0.462 e. The summed E-state index contributed by atoms with van der Waals surface area (Å²) in [6, 6.07) is 0. The number of hydrogen-bond donors (Lipinski definition) is 0. The maximum Gasteiger partial charge on any atom is 0.293 e. The second kappa shape index (κ2) is 3.56. The van der Waals surface area contributed by atoms with Crippen LogP contribution in [0.5, 0.6) is 0 Å². The first-order chi connectivity index (χ1) is 4.54. The molecule has 0 bridgehead atoms. The number of carbonyl (C=O) groups is 1. The lowest BCUT2D eigenvalue weighted by Crippen LogP contribution is -2.37. The fraction of sp³-hybridized carbons (Fsp3) is 0.857. The van der Waals surface area contributed by atoms with Crippen molar-refractivity contribution in [1.82, 2.24) is 0 Å². The van der Waals surface area contributed by atoms with E-state index in [2.05, 4.69) is 0 Å². The molecule has 0 spiro atoms. The summed E-state index contributed by atoms with van der Waals surface area (Å²) < 4.78 is 9.76. The molecular weight excluding hydrogens is 132 g/mol. The summed E-state index contributed by atoms with van der Waals surface area (Å²) in [5.74, 6) is 0. The molecule has 0 N–H and O–H groups in total. The number of rotatable bonds is 4. The van der Waals surface area contributed by atoms with Gasteiger partial charge in [-0.25, -0.2) is 0 Å². The lowest BCUT2D eigenvalue weighted by atomic mass is 10.0. The highest BCUT2D eigenvalue weighted by atomic mass is 16.6. The van der Waals surface area contributed by atoms with E-state index in [0.29, 0.717) is 6.47 Å². The highest BCUT2D eigenvalue weighted by Crippen LogP contribution is 2.15. The highest BCUT2D eigenvalue weighted by molar-refractivity contribution is 5.37. The van der Waals surface area contributed by atoms with Crippen LogP contribution in [0.15, 0.2) is 0 Å². The van der Waals surface area contributed by atoms with Gasteiger partial charge in [-0.2, -0.15) is 0 Å². The zero-order valence-corrected chi connectivity index (χ0v) is 6.88. The Morgan fingerprint density at radius 1 is 1.50 bits per heavy atom. The number of methoxy groups -OCH3 is 1. The molecule has 1 unspecified atom stereocenters. The third-order valence-corrected chi connectivity index (χ3v) is 1.76. The van der Waals surface area contributed by atoms with Crippen molar-refractivity contribution in [3.63, 3.8) is 0 Å². The minimum absolute atomic E-state index is 0.213. The van der Waals surface area contributed by atoms with Gasteiger partial charge in [-0.3, -0.25) is 4.79 Å². The van der Waals surface area contributed by atoms with Crippen molar-refractivity contribution in [2.45, 2.75) is 32.5 Å². The third-order valence-electron chi connectivity index (χ3n) is 1.76. The van der Waals surface area contributed by atoms with E-state index in [0.717, 1.165) is 0 Å².